The molecule has 8 heteroatoms. The second-order valence-corrected chi connectivity index (χ2v) is 8.01. The number of aliphatic carboxylic acids is 1. The van der Waals surface area contributed by atoms with Crippen LogP contribution in [0.3, 0.4) is 0 Å². The Morgan fingerprint density at radius 2 is 1.79 bits per heavy atom. The lowest BCUT2D eigenvalue weighted by molar-refractivity contribution is -0.136. The molecule has 3 N–H and O–H groups in total. The van der Waals surface area contributed by atoms with Crippen molar-refractivity contribution in [1.29, 1.82) is 0 Å². The van der Waals surface area contributed by atoms with Gasteiger partial charge in [-0.05, 0) is 49.6 Å². The van der Waals surface area contributed by atoms with Crippen molar-refractivity contribution in [2.45, 2.75) is 27.2 Å². The zero-order chi connectivity index (χ0) is 24.3. The lowest BCUT2D eigenvalue weighted by Crippen LogP contribution is -2.41. The first kappa shape index (κ1) is 23.6. The first-order valence-corrected chi connectivity index (χ1v) is 10.5. The van der Waals surface area contributed by atoms with Crippen LogP contribution in [0.1, 0.15) is 23.1 Å². The minimum absolute atomic E-state index is 0.131. The molecule has 0 atom stereocenters. The summed E-state index contributed by atoms with van der Waals surface area (Å²) in [6, 6.07) is 12.4. The number of aromatic nitrogens is 1. The Balaban J connectivity index is 2.17. The maximum absolute atomic E-state index is 13.2. The van der Waals surface area contributed by atoms with Gasteiger partial charge in [0.1, 0.15) is 5.75 Å². The molecule has 1 aromatic heterocycles. The molecule has 0 fully saturated rings. The Morgan fingerprint density at radius 3 is 2.48 bits per heavy atom. The number of hydrogen-bond donors (Lipinski definition) is 3. The Morgan fingerprint density at radius 1 is 1.06 bits per heavy atom. The van der Waals surface area contributed by atoms with Gasteiger partial charge in [0.05, 0.1) is 12.1 Å². The summed E-state index contributed by atoms with van der Waals surface area (Å²) >= 11 is 0. The predicted octanol–water partition coefficient (Wildman–Crippen LogP) is 4.01. The molecule has 0 radical (unpaired) electrons. The van der Waals surface area contributed by atoms with Gasteiger partial charge in [-0.25, -0.2) is 4.79 Å². The number of anilines is 2. The van der Waals surface area contributed by atoms with Gasteiger partial charge in [-0.15, -0.1) is 0 Å². The van der Waals surface area contributed by atoms with Crippen LogP contribution in [-0.2, 0) is 11.8 Å². The van der Waals surface area contributed by atoms with Gasteiger partial charge in [-0.2, -0.15) is 0 Å². The molecule has 1 heterocycles. The number of aryl methyl sites for hydroxylation is 4. The van der Waals surface area contributed by atoms with Crippen molar-refractivity contribution in [2.75, 3.05) is 11.4 Å². The number of benzene rings is 2. The van der Waals surface area contributed by atoms with Gasteiger partial charge >= 0.3 is 12.0 Å². The summed E-state index contributed by atoms with van der Waals surface area (Å²) in [5, 5.41) is 22.2. The Kier molecular flexibility index (Phi) is 6.86. The average Bonchev–Trinajstić information content (AvgIpc) is 2.76. The number of carbonyl (C=O) groups is 2. The second-order valence-electron chi connectivity index (χ2n) is 8.01. The van der Waals surface area contributed by atoms with Crippen molar-refractivity contribution in [3.63, 3.8) is 0 Å². The SMILES string of the molecule is Cc1ccc(C)c(-c2cccc(N(C(=O)NCCC(=O)O)c3c(O)c(C)cn(C)c3=O)c2)c1. The molecule has 0 unspecified atom stereocenters. The van der Waals surface area contributed by atoms with Gasteiger partial charge in [0, 0.05) is 25.4 Å². The average molecular weight is 450 g/mol. The molecule has 0 spiro atoms. The van der Waals surface area contributed by atoms with E-state index in [1.165, 1.54) is 17.8 Å². The number of hydrogen-bond acceptors (Lipinski definition) is 4. The molecule has 8 nitrogen and oxygen atoms in total. The number of urea groups is 1. The highest BCUT2D eigenvalue weighted by Gasteiger charge is 2.26. The molecule has 0 saturated heterocycles. The largest absolute Gasteiger partial charge is 0.505 e. The third-order valence-electron chi connectivity index (χ3n) is 5.36. The zero-order valence-electron chi connectivity index (χ0n) is 19.0. The van der Waals surface area contributed by atoms with E-state index in [-0.39, 0.29) is 24.4 Å². The number of carbonyl (C=O) groups excluding carboxylic acids is 1. The number of carboxylic acid groups (broad SMARTS) is 1. The minimum atomic E-state index is -1.06. The fraction of sp³-hybridized carbons (Fsp3) is 0.240. The van der Waals surface area contributed by atoms with Crippen LogP contribution < -0.4 is 15.8 Å². The summed E-state index contributed by atoms with van der Waals surface area (Å²) in [5.74, 6) is -1.38. The molecule has 172 valence electrons. The molecule has 0 saturated carbocycles. The minimum Gasteiger partial charge on any atom is -0.505 e. The van der Waals surface area contributed by atoms with Crippen LogP contribution >= 0.6 is 0 Å². The Labute approximate surface area is 191 Å². The number of rotatable bonds is 6. The van der Waals surface area contributed by atoms with Crippen molar-refractivity contribution in [3.05, 3.63) is 75.7 Å². The van der Waals surface area contributed by atoms with Crippen molar-refractivity contribution in [3.8, 4) is 16.9 Å². The molecule has 2 amide bonds. The van der Waals surface area contributed by atoms with E-state index in [1.54, 1.807) is 25.1 Å². The van der Waals surface area contributed by atoms with E-state index in [1.807, 2.05) is 38.1 Å². The first-order chi connectivity index (χ1) is 15.6. The van der Waals surface area contributed by atoms with Crippen molar-refractivity contribution < 1.29 is 19.8 Å². The normalized spacial score (nSPS) is 10.7. The number of nitrogens with one attached hydrogen (secondary N) is 1. The van der Waals surface area contributed by atoms with Gasteiger partial charge in [-0.3, -0.25) is 14.5 Å². The zero-order valence-corrected chi connectivity index (χ0v) is 19.0. The van der Waals surface area contributed by atoms with E-state index in [2.05, 4.69) is 5.32 Å². The Hall–Kier alpha value is -4.07. The van der Waals surface area contributed by atoms with Crippen LogP contribution in [0.2, 0.25) is 0 Å². The van der Waals surface area contributed by atoms with Gasteiger partial charge in [0.15, 0.2) is 5.69 Å². The highest BCUT2D eigenvalue weighted by atomic mass is 16.4. The van der Waals surface area contributed by atoms with Gasteiger partial charge in [0.2, 0.25) is 0 Å². The van der Waals surface area contributed by atoms with Crippen molar-refractivity contribution >= 4 is 23.4 Å². The van der Waals surface area contributed by atoms with E-state index in [4.69, 9.17) is 5.11 Å². The van der Waals surface area contributed by atoms with E-state index in [0.717, 1.165) is 27.2 Å². The van der Waals surface area contributed by atoms with E-state index < -0.39 is 17.6 Å². The van der Waals surface area contributed by atoms with E-state index in [9.17, 15) is 19.5 Å². The van der Waals surface area contributed by atoms with Gasteiger partial charge < -0.3 is 20.1 Å². The molecule has 0 bridgehead atoms. The fourth-order valence-corrected chi connectivity index (χ4v) is 3.63. The highest BCUT2D eigenvalue weighted by Crippen LogP contribution is 2.35. The molecule has 33 heavy (non-hydrogen) atoms. The first-order valence-electron chi connectivity index (χ1n) is 10.5. The number of nitrogens with zero attached hydrogens (tertiary/aromatic N) is 2. The quantitative estimate of drug-likeness (QED) is 0.527. The van der Waals surface area contributed by atoms with Gasteiger partial charge in [0.25, 0.3) is 5.56 Å². The molecular formula is C25H27N3O5. The number of pyridine rings is 1. The van der Waals surface area contributed by atoms with Crippen LogP contribution in [0.5, 0.6) is 5.75 Å². The molecule has 0 aliphatic rings. The van der Waals surface area contributed by atoms with Crippen LogP contribution in [0.15, 0.2) is 53.5 Å². The lowest BCUT2D eigenvalue weighted by Gasteiger charge is -2.25. The molecule has 3 aromatic rings. The highest BCUT2D eigenvalue weighted by molar-refractivity contribution is 6.01. The summed E-state index contributed by atoms with van der Waals surface area (Å²) in [4.78, 5) is 38.2. The summed E-state index contributed by atoms with van der Waals surface area (Å²) in [6.45, 7) is 5.48. The van der Waals surface area contributed by atoms with E-state index >= 15 is 0 Å². The molecule has 0 aliphatic carbocycles. The van der Waals surface area contributed by atoms with Gasteiger partial charge in [-0.1, -0.05) is 35.9 Å². The second kappa shape index (κ2) is 9.60. The fourth-order valence-electron chi connectivity index (χ4n) is 3.63. The molecule has 2 aromatic carbocycles. The Bertz CT molecular complexity index is 1280. The smallest absolute Gasteiger partial charge is 0.326 e. The third kappa shape index (κ3) is 5.06. The maximum atomic E-state index is 13.2. The maximum Gasteiger partial charge on any atom is 0.326 e. The summed E-state index contributed by atoms with van der Waals surface area (Å²) in [6.07, 6.45) is 1.20. The standard InChI is InChI=1S/C25H27N3O5/c1-15-8-9-16(2)20(12-15)18-6-5-7-19(13-18)28(25(33)26-11-10-21(29)30)22-23(31)17(3)14-27(4)24(22)32/h5-9,12-14,31H,10-11H2,1-4H3,(H,26,33)(H,29,30). The summed E-state index contributed by atoms with van der Waals surface area (Å²) < 4.78 is 1.29. The van der Waals surface area contributed by atoms with Crippen molar-refractivity contribution in [1.82, 2.24) is 9.88 Å². The van der Waals surface area contributed by atoms with Crippen molar-refractivity contribution in [2.24, 2.45) is 7.05 Å². The van der Waals surface area contributed by atoms with E-state index in [0.29, 0.717) is 11.3 Å². The molecular weight excluding hydrogens is 422 g/mol. The molecule has 3 rings (SSSR count). The van der Waals surface area contributed by atoms with Crippen LogP contribution in [0, 0.1) is 20.8 Å². The van der Waals surface area contributed by atoms with Crippen LogP contribution in [0.4, 0.5) is 16.2 Å². The number of aromatic hydroxyl groups is 1. The topological polar surface area (TPSA) is 112 Å². The lowest BCUT2D eigenvalue weighted by atomic mass is 9.98. The number of carboxylic acids is 1. The van der Waals surface area contributed by atoms with Crippen LogP contribution in [-0.4, -0.2) is 33.3 Å². The monoisotopic (exact) mass is 449 g/mol. The molecule has 0 aliphatic heterocycles. The summed E-state index contributed by atoms with van der Waals surface area (Å²) in [5.41, 5.74) is 3.94. The number of amides is 2. The summed E-state index contributed by atoms with van der Waals surface area (Å²) in [7, 11) is 1.53. The predicted molar refractivity (Wildman–Crippen MR) is 127 cm³/mol. The van der Waals surface area contributed by atoms with Crippen LogP contribution in [0.25, 0.3) is 11.1 Å². The third-order valence-corrected chi connectivity index (χ3v) is 5.36.